The zero-order valence-corrected chi connectivity index (χ0v) is 17.6. The first kappa shape index (κ1) is 19.1. The normalized spacial score (nSPS) is 17.3. The molecule has 0 saturated carbocycles. The van der Waals surface area contributed by atoms with Crippen LogP contribution < -0.4 is 0 Å². The molecule has 3 aromatic rings. The number of benzene rings is 3. The van der Waals surface area contributed by atoms with E-state index in [0.717, 1.165) is 38.3 Å². The van der Waals surface area contributed by atoms with Gasteiger partial charge in [0.25, 0.3) is 5.91 Å². The number of fused-ring (bicyclic) bond motifs is 3. The zero-order chi connectivity index (χ0) is 20.5. The molecular formula is C24H18ClN3OS. The Bertz CT molecular complexity index is 1160. The van der Waals surface area contributed by atoms with Crippen LogP contribution in [-0.2, 0) is 17.0 Å². The third kappa shape index (κ3) is 3.66. The highest BCUT2D eigenvalue weighted by Gasteiger charge is 2.41. The first-order valence-electron chi connectivity index (χ1n) is 9.70. The third-order valence-corrected chi connectivity index (χ3v) is 6.44. The molecule has 0 fully saturated rings. The molecule has 0 radical (unpaired) electrons. The van der Waals surface area contributed by atoms with Crippen molar-refractivity contribution < 1.29 is 4.79 Å². The van der Waals surface area contributed by atoms with Gasteiger partial charge < -0.3 is 0 Å². The summed E-state index contributed by atoms with van der Waals surface area (Å²) < 4.78 is 0. The molecule has 4 nitrogen and oxygen atoms in total. The van der Waals surface area contributed by atoms with E-state index in [1.54, 1.807) is 11.8 Å². The van der Waals surface area contributed by atoms with Gasteiger partial charge in [-0.1, -0.05) is 78.0 Å². The van der Waals surface area contributed by atoms with Crippen LogP contribution in [0.5, 0.6) is 0 Å². The molecule has 0 aliphatic carbocycles. The van der Waals surface area contributed by atoms with E-state index in [0.29, 0.717) is 12.3 Å². The first-order chi connectivity index (χ1) is 14.7. The van der Waals surface area contributed by atoms with Crippen molar-refractivity contribution >= 4 is 46.0 Å². The highest BCUT2D eigenvalue weighted by molar-refractivity contribution is 8.13. The molecule has 5 rings (SSSR count). The molecule has 0 aromatic heterocycles. The molecule has 6 heteroatoms. The smallest absolute Gasteiger partial charge is 0.271 e. The Balaban J connectivity index is 1.48. The van der Waals surface area contributed by atoms with Crippen LogP contribution in [0.4, 0.5) is 5.69 Å². The van der Waals surface area contributed by atoms with E-state index in [-0.39, 0.29) is 11.9 Å². The zero-order valence-electron chi connectivity index (χ0n) is 16.0. The third-order valence-electron chi connectivity index (χ3n) is 5.16. The van der Waals surface area contributed by atoms with Crippen LogP contribution in [0.2, 0.25) is 5.02 Å². The first-order valence-corrected chi connectivity index (χ1v) is 11.1. The fraction of sp³-hybridized carbons (Fsp3) is 0.125. The molecule has 3 aromatic carbocycles. The van der Waals surface area contributed by atoms with Gasteiger partial charge in [0.15, 0.2) is 5.17 Å². The second-order valence-electron chi connectivity index (χ2n) is 7.18. The van der Waals surface area contributed by atoms with Crippen molar-refractivity contribution in [2.24, 2.45) is 9.98 Å². The number of carbonyl (C=O) groups excluding carboxylic acids is 1. The van der Waals surface area contributed by atoms with E-state index in [1.807, 2.05) is 83.8 Å². The fourth-order valence-electron chi connectivity index (χ4n) is 3.67. The average Bonchev–Trinajstić information content (AvgIpc) is 3.10. The Kier molecular flexibility index (Phi) is 5.15. The molecule has 0 spiro atoms. The van der Waals surface area contributed by atoms with Crippen molar-refractivity contribution in [3.05, 3.63) is 101 Å². The summed E-state index contributed by atoms with van der Waals surface area (Å²) >= 11 is 7.62. The van der Waals surface area contributed by atoms with Crippen LogP contribution in [-0.4, -0.2) is 27.9 Å². The van der Waals surface area contributed by atoms with Gasteiger partial charge in [0, 0.05) is 22.8 Å². The summed E-state index contributed by atoms with van der Waals surface area (Å²) in [6, 6.07) is 25.3. The van der Waals surface area contributed by atoms with Crippen LogP contribution in [0.1, 0.15) is 16.7 Å². The summed E-state index contributed by atoms with van der Waals surface area (Å²) in [5.41, 5.74) is 4.00. The van der Waals surface area contributed by atoms with Crippen molar-refractivity contribution in [1.82, 2.24) is 4.90 Å². The number of para-hydroxylation sites is 1. The largest absolute Gasteiger partial charge is 0.292 e. The Morgan fingerprint density at radius 2 is 1.60 bits per heavy atom. The minimum absolute atomic E-state index is 0.120. The van der Waals surface area contributed by atoms with E-state index in [4.69, 9.17) is 16.6 Å². The van der Waals surface area contributed by atoms with Gasteiger partial charge in [-0.05, 0) is 35.4 Å². The van der Waals surface area contributed by atoms with Crippen molar-refractivity contribution in [3.8, 4) is 0 Å². The maximum atomic E-state index is 12.9. The van der Waals surface area contributed by atoms with Gasteiger partial charge in [-0.2, -0.15) is 4.99 Å². The van der Waals surface area contributed by atoms with E-state index in [1.165, 1.54) is 0 Å². The Morgan fingerprint density at radius 1 is 0.867 bits per heavy atom. The molecule has 2 heterocycles. The van der Waals surface area contributed by atoms with Crippen molar-refractivity contribution in [2.45, 2.75) is 18.2 Å². The molecule has 1 amide bonds. The lowest BCUT2D eigenvalue weighted by Crippen LogP contribution is -2.44. The minimum Gasteiger partial charge on any atom is -0.292 e. The Morgan fingerprint density at radius 3 is 2.40 bits per heavy atom. The van der Waals surface area contributed by atoms with Crippen molar-refractivity contribution in [1.29, 1.82) is 0 Å². The van der Waals surface area contributed by atoms with E-state index < -0.39 is 0 Å². The van der Waals surface area contributed by atoms with Gasteiger partial charge in [-0.3, -0.25) is 9.69 Å². The summed E-state index contributed by atoms with van der Waals surface area (Å²) in [5, 5.41) is 1.52. The molecule has 0 N–H and O–H groups in total. The van der Waals surface area contributed by atoms with Crippen LogP contribution in [0.15, 0.2) is 88.8 Å². The van der Waals surface area contributed by atoms with Crippen molar-refractivity contribution in [2.75, 3.05) is 0 Å². The van der Waals surface area contributed by atoms with Gasteiger partial charge in [-0.25, -0.2) is 4.99 Å². The van der Waals surface area contributed by atoms with E-state index >= 15 is 0 Å². The maximum absolute atomic E-state index is 12.9. The van der Waals surface area contributed by atoms with Crippen molar-refractivity contribution in [3.63, 3.8) is 0 Å². The number of amidine groups is 2. The molecular weight excluding hydrogens is 414 g/mol. The second kappa shape index (κ2) is 8.09. The maximum Gasteiger partial charge on any atom is 0.271 e. The number of hydrogen-bond donors (Lipinski definition) is 0. The van der Waals surface area contributed by atoms with Gasteiger partial charge in [0.2, 0.25) is 0 Å². The number of amides is 1. The topological polar surface area (TPSA) is 45.0 Å². The van der Waals surface area contributed by atoms with Gasteiger partial charge in [0.1, 0.15) is 11.9 Å². The standard InChI is InChI=1S/C24H18ClN3OS/c25-18-12-10-17(11-13-18)15-30-24-26-20-9-5-4-8-19(20)22-27-23(29)21(28(22)24)14-16-6-2-1-3-7-16/h1-13,21H,14-15H2. The van der Waals surface area contributed by atoms with Gasteiger partial charge in [0.05, 0.1) is 5.69 Å². The molecule has 2 aliphatic heterocycles. The predicted octanol–water partition coefficient (Wildman–Crippen LogP) is 5.47. The number of rotatable bonds is 4. The summed E-state index contributed by atoms with van der Waals surface area (Å²) in [6.07, 6.45) is 0.593. The summed E-state index contributed by atoms with van der Waals surface area (Å²) in [6.45, 7) is 0. The van der Waals surface area contributed by atoms with Crippen LogP contribution in [0, 0.1) is 0 Å². The molecule has 2 aliphatic rings. The summed E-state index contributed by atoms with van der Waals surface area (Å²) in [4.78, 5) is 24.2. The molecule has 1 unspecified atom stereocenters. The number of carbonyl (C=O) groups is 1. The monoisotopic (exact) mass is 431 g/mol. The SMILES string of the molecule is O=C1N=C2c3ccccc3N=C(SCc3ccc(Cl)cc3)N2C1Cc1ccccc1. The van der Waals surface area contributed by atoms with Crippen LogP contribution in [0.25, 0.3) is 0 Å². The number of halogens is 1. The summed E-state index contributed by atoms with van der Waals surface area (Å²) in [5.74, 6) is 1.31. The van der Waals surface area contributed by atoms with E-state index in [2.05, 4.69) is 4.99 Å². The predicted molar refractivity (Wildman–Crippen MR) is 124 cm³/mol. The highest BCUT2D eigenvalue weighted by Crippen LogP contribution is 2.35. The lowest BCUT2D eigenvalue weighted by atomic mass is 10.0. The summed E-state index contributed by atoms with van der Waals surface area (Å²) in [7, 11) is 0. The quantitative estimate of drug-likeness (QED) is 0.549. The number of thioether (sulfide) groups is 1. The number of aliphatic imine (C=N–C) groups is 2. The lowest BCUT2D eigenvalue weighted by Gasteiger charge is -2.31. The molecule has 30 heavy (non-hydrogen) atoms. The molecule has 148 valence electrons. The Hall–Kier alpha value is -2.89. The van der Waals surface area contributed by atoms with Gasteiger partial charge in [-0.15, -0.1) is 0 Å². The molecule has 0 bridgehead atoms. The average molecular weight is 432 g/mol. The number of hydrogen-bond acceptors (Lipinski definition) is 4. The fourth-order valence-corrected chi connectivity index (χ4v) is 4.80. The highest BCUT2D eigenvalue weighted by atomic mass is 35.5. The molecule has 0 saturated heterocycles. The molecule has 1 atom stereocenters. The van der Waals surface area contributed by atoms with Gasteiger partial charge >= 0.3 is 0 Å². The number of nitrogens with zero attached hydrogens (tertiary/aromatic N) is 3. The van der Waals surface area contributed by atoms with E-state index in [9.17, 15) is 4.79 Å². The Labute approximate surface area is 184 Å². The van der Waals surface area contributed by atoms with Crippen LogP contribution in [0.3, 0.4) is 0 Å². The lowest BCUT2D eigenvalue weighted by molar-refractivity contribution is -0.119. The minimum atomic E-state index is -0.382. The van der Waals surface area contributed by atoms with Crippen LogP contribution >= 0.6 is 23.4 Å². The second-order valence-corrected chi connectivity index (χ2v) is 8.55.